The number of carbonyl (C=O) groups is 1. The molecule has 25 heavy (non-hydrogen) atoms. The van der Waals surface area contributed by atoms with Crippen LogP contribution >= 0.6 is 0 Å². The Morgan fingerprint density at radius 1 is 1.24 bits per heavy atom. The first kappa shape index (κ1) is 15.9. The summed E-state index contributed by atoms with van der Waals surface area (Å²) in [6.45, 7) is 4.72. The summed E-state index contributed by atoms with van der Waals surface area (Å²) in [6, 6.07) is 1.84. The fourth-order valence-electron chi connectivity index (χ4n) is 3.57. The molecule has 2 aliphatic heterocycles. The molecule has 0 unspecified atom stereocenters. The van der Waals surface area contributed by atoms with E-state index in [1.807, 2.05) is 23.5 Å². The van der Waals surface area contributed by atoms with Gasteiger partial charge in [0.05, 0.1) is 18.6 Å². The molecule has 0 aromatic carbocycles. The smallest absolute Gasteiger partial charge is 0.317 e. The minimum Gasteiger partial charge on any atom is -0.340 e. The van der Waals surface area contributed by atoms with Crippen LogP contribution in [0.2, 0.25) is 0 Å². The molecule has 2 amide bonds. The fraction of sp³-hybridized carbons (Fsp3) is 0.529. The lowest BCUT2D eigenvalue weighted by atomic mass is 9.98. The van der Waals surface area contributed by atoms with Crippen LogP contribution in [0.3, 0.4) is 0 Å². The number of nitrogens with one attached hydrogen (secondary N) is 1. The highest BCUT2D eigenvalue weighted by molar-refractivity contribution is 5.74. The van der Waals surface area contributed by atoms with Crippen LogP contribution in [0.1, 0.15) is 18.5 Å². The van der Waals surface area contributed by atoms with Gasteiger partial charge in [0.15, 0.2) is 0 Å². The van der Waals surface area contributed by atoms with Crippen LogP contribution in [0.5, 0.6) is 0 Å². The fourth-order valence-corrected chi connectivity index (χ4v) is 3.57. The van der Waals surface area contributed by atoms with Crippen molar-refractivity contribution in [3.05, 3.63) is 36.7 Å². The van der Waals surface area contributed by atoms with E-state index in [1.54, 1.807) is 12.4 Å². The van der Waals surface area contributed by atoms with E-state index < -0.39 is 0 Å². The Labute approximate surface area is 146 Å². The number of imidazole rings is 1. The van der Waals surface area contributed by atoms with Crippen LogP contribution < -0.4 is 10.2 Å². The number of nitrogens with zero attached hydrogens (tertiary/aromatic N) is 6. The van der Waals surface area contributed by atoms with Gasteiger partial charge in [0.25, 0.3) is 0 Å². The minimum absolute atomic E-state index is 0.0144. The average Bonchev–Trinajstić information content (AvgIpc) is 3.15. The van der Waals surface area contributed by atoms with E-state index >= 15 is 0 Å². The monoisotopic (exact) mass is 341 g/mol. The van der Waals surface area contributed by atoms with Crippen molar-refractivity contribution in [1.82, 2.24) is 29.7 Å². The number of amides is 2. The lowest BCUT2D eigenvalue weighted by Crippen LogP contribution is -2.47. The summed E-state index contributed by atoms with van der Waals surface area (Å²) < 4.78 is 2.10. The predicted octanol–water partition coefficient (Wildman–Crippen LogP) is 1.11. The molecule has 1 atom stereocenters. The molecule has 4 rings (SSSR count). The van der Waals surface area contributed by atoms with Crippen LogP contribution in [0.25, 0.3) is 0 Å². The summed E-state index contributed by atoms with van der Waals surface area (Å²) in [5.41, 5.74) is 1.09. The van der Waals surface area contributed by atoms with Crippen LogP contribution in [0.4, 0.5) is 10.7 Å². The van der Waals surface area contributed by atoms with E-state index in [0.717, 1.165) is 50.7 Å². The Bertz CT molecular complexity index is 717. The van der Waals surface area contributed by atoms with Crippen LogP contribution in [0.15, 0.2) is 31.0 Å². The number of anilines is 1. The van der Waals surface area contributed by atoms with Crippen molar-refractivity contribution in [3.63, 3.8) is 0 Å². The number of aromatic nitrogens is 4. The maximum Gasteiger partial charge on any atom is 0.317 e. The highest BCUT2D eigenvalue weighted by Crippen LogP contribution is 2.19. The first-order chi connectivity index (χ1) is 12.3. The van der Waals surface area contributed by atoms with Crippen molar-refractivity contribution < 1.29 is 4.79 Å². The zero-order valence-electron chi connectivity index (χ0n) is 14.2. The molecule has 2 aromatic rings. The normalized spacial score (nSPS) is 20.2. The maximum atomic E-state index is 12.5. The number of hydrogen-bond donors (Lipinski definition) is 1. The van der Waals surface area contributed by atoms with E-state index in [0.29, 0.717) is 19.0 Å². The molecule has 0 aliphatic carbocycles. The number of hydrogen-bond acceptors (Lipinski definition) is 5. The summed E-state index contributed by atoms with van der Waals surface area (Å²) in [7, 11) is 0. The van der Waals surface area contributed by atoms with Gasteiger partial charge >= 0.3 is 6.03 Å². The Morgan fingerprint density at radius 3 is 3.00 bits per heavy atom. The van der Waals surface area contributed by atoms with Gasteiger partial charge < -0.3 is 19.7 Å². The third-order valence-corrected chi connectivity index (χ3v) is 4.95. The predicted molar refractivity (Wildman–Crippen MR) is 93.0 cm³/mol. The lowest BCUT2D eigenvalue weighted by molar-refractivity contribution is 0.181. The molecular weight excluding hydrogens is 318 g/mol. The minimum atomic E-state index is 0.0144. The zero-order valence-corrected chi connectivity index (χ0v) is 14.2. The largest absolute Gasteiger partial charge is 0.340 e. The van der Waals surface area contributed by atoms with Crippen molar-refractivity contribution in [1.29, 1.82) is 0 Å². The first-order valence-electron chi connectivity index (χ1n) is 8.83. The number of fused-ring (bicyclic) bond motifs is 1. The molecule has 2 aromatic heterocycles. The molecule has 8 heteroatoms. The van der Waals surface area contributed by atoms with Gasteiger partial charge in [-0.15, -0.1) is 0 Å². The molecule has 132 valence electrons. The Morgan fingerprint density at radius 2 is 2.12 bits per heavy atom. The van der Waals surface area contributed by atoms with E-state index in [9.17, 15) is 4.79 Å². The molecule has 8 nitrogen and oxygen atoms in total. The van der Waals surface area contributed by atoms with Gasteiger partial charge in [0.2, 0.25) is 5.95 Å². The van der Waals surface area contributed by atoms with E-state index in [1.165, 1.54) is 0 Å². The zero-order chi connectivity index (χ0) is 17.1. The molecule has 0 radical (unpaired) electrons. The summed E-state index contributed by atoms with van der Waals surface area (Å²) >= 11 is 0. The van der Waals surface area contributed by atoms with E-state index in [-0.39, 0.29) is 6.03 Å². The average molecular weight is 341 g/mol. The van der Waals surface area contributed by atoms with E-state index in [2.05, 4.69) is 29.7 Å². The SMILES string of the molecule is O=C(NC[C@H]1CCCN(c2ncccn2)C1)N1CCn2cncc2C1. The molecule has 4 heterocycles. The second-order valence-electron chi connectivity index (χ2n) is 6.69. The number of rotatable bonds is 3. The van der Waals surface area contributed by atoms with Crippen LogP contribution in [-0.2, 0) is 13.1 Å². The molecular formula is C17H23N7O. The van der Waals surface area contributed by atoms with Gasteiger partial charge in [-0.05, 0) is 24.8 Å². The third kappa shape index (κ3) is 3.57. The molecule has 0 spiro atoms. The van der Waals surface area contributed by atoms with Gasteiger partial charge in [-0.2, -0.15) is 0 Å². The molecule has 0 bridgehead atoms. The highest BCUT2D eigenvalue weighted by atomic mass is 16.2. The Hall–Kier alpha value is -2.64. The van der Waals surface area contributed by atoms with Crippen molar-refractivity contribution in [2.24, 2.45) is 5.92 Å². The number of urea groups is 1. The maximum absolute atomic E-state index is 12.5. The quantitative estimate of drug-likeness (QED) is 0.905. The molecule has 1 fully saturated rings. The van der Waals surface area contributed by atoms with Crippen LogP contribution in [0, 0.1) is 5.92 Å². The van der Waals surface area contributed by atoms with Crippen molar-refractivity contribution in [2.45, 2.75) is 25.9 Å². The van der Waals surface area contributed by atoms with Gasteiger partial charge in [0.1, 0.15) is 0 Å². The number of carbonyl (C=O) groups excluding carboxylic acids is 1. The van der Waals surface area contributed by atoms with Crippen LogP contribution in [-0.4, -0.2) is 56.6 Å². The third-order valence-electron chi connectivity index (χ3n) is 4.95. The molecule has 1 saturated heterocycles. The standard InChI is InChI=1S/C17H23N7O/c25-17(23-7-8-24-13-18-10-15(24)12-23)21-9-14-3-1-6-22(11-14)16-19-4-2-5-20-16/h2,4-5,10,13-14H,1,3,6-9,11-12H2,(H,21,25)/t14-/m1/s1. The van der Waals surface area contributed by atoms with Crippen molar-refractivity contribution in [2.75, 3.05) is 31.1 Å². The summed E-state index contributed by atoms with van der Waals surface area (Å²) in [4.78, 5) is 29.3. The van der Waals surface area contributed by atoms with E-state index in [4.69, 9.17) is 0 Å². The van der Waals surface area contributed by atoms with Crippen molar-refractivity contribution in [3.8, 4) is 0 Å². The van der Waals surface area contributed by atoms with Gasteiger partial charge in [-0.3, -0.25) is 0 Å². The summed E-state index contributed by atoms with van der Waals surface area (Å²) in [6.07, 6.45) is 9.42. The van der Waals surface area contributed by atoms with Gasteiger partial charge in [-0.1, -0.05) is 0 Å². The lowest BCUT2D eigenvalue weighted by Gasteiger charge is -2.33. The molecule has 0 saturated carbocycles. The topological polar surface area (TPSA) is 79.2 Å². The Kier molecular flexibility index (Phi) is 4.49. The first-order valence-corrected chi connectivity index (χ1v) is 8.83. The second kappa shape index (κ2) is 7.08. The Balaban J connectivity index is 1.29. The molecule has 1 N–H and O–H groups in total. The second-order valence-corrected chi connectivity index (χ2v) is 6.69. The van der Waals surface area contributed by atoms with Crippen molar-refractivity contribution >= 4 is 12.0 Å². The summed E-state index contributed by atoms with van der Waals surface area (Å²) in [5, 5.41) is 3.11. The summed E-state index contributed by atoms with van der Waals surface area (Å²) in [5.74, 6) is 1.21. The molecule has 2 aliphatic rings. The van der Waals surface area contributed by atoms with Gasteiger partial charge in [-0.25, -0.2) is 19.7 Å². The number of piperidine rings is 1. The highest BCUT2D eigenvalue weighted by Gasteiger charge is 2.24. The van der Waals surface area contributed by atoms with Gasteiger partial charge in [0, 0.05) is 51.3 Å².